The van der Waals surface area contributed by atoms with Crippen LogP contribution >= 0.6 is 11.6 Å². The average molecular weight is 240 g/mol. The fourth-order valence-electron chi connectivity index (χ4n) is 1.60. The molecule has 0 spiro atoms. The van der Waals surface area contributed by atoms with Crippen LogP contribution in [0.25, 0.3) is 0 Å². The van der Waals surface area contributed by atoms with Crippen LogP contribution in [-0.2, 0) is 10.2 Å². The molecule has 0 aromatic heterocycles. The number of benzene rings is 1. The van der Waals surface area contributed by atoms with Crippen molar-refractivity contribution in [1.82, 2.24) is 0 Å². The molecule has 1 aromatic carbocycles. The number of halogens is 1. The third-order valence-electron chi connectivity index (χ3n) is 2.38. The molecule has 1 aromatic rings. The van der Waals surface area contributed by atoms with Crippen molar-refractivity contribution >= 4 is 23.2 Å². The fraction of sp³-hybridized carbons (Fsp3) is 0.462. The monoisotopic (exact) mass is 239 g/mol. The Morgan fingerprint density at radius 2 is 2.00 bits per heavy atom. The van der Waals surface area contributed by atoms with Gasteiger partial charge in [0, 0.05) is 5.69 Å². The van der Waals surface area contributed by atoms with Gasteiger partial charge in [0.2, 0.25) is 5.91 Å². The van der Waals surface area contributed by atoms with Crippen LogP contribution in [0.5, 0.6) is 0 Å². The molecule has 16 heavy (non-hydrogen) atoms. The number of anilines is 1. The van der Waals surface area contributed by atoms with Gasteiger partial charge in [0.05, 0.1) is 0 Å². The van der Waals surface area contributed by atoms with Crippen molar-refractivity contribution in [2.24, 2.45) is 0 Å². The molecular formula is C13H18ClNO. The van der Waals surface area contributed by atoms with E-state index in [1.54, 1.807) is 0 Å². The molecule has 0 saturated carbocycles. The van der Waals surface area contributed by atoms with Gasteiger partial charge in [0.15, 0.2) is 0 Å². The Balaban J connectivity index is 3.13. The topological polar surface area (TPSA) is 29.1 Å². The van der Waals surface area contributed by atoms with Gasteiger partial charge >= 0.3 is 0 Å². The number of amides is 1. The highest BCUT2D eigenvalue weighted by Crippen LogP contribution is 2.30. The van der Waals surface area contributed by atoms with Crippen LogP contribution in [0.2, 0.25) is 0 Å². The number of hydrogen-bond donors (Lipinski definition) is 1. The summed E-state index contributed by atoms with van der Waals surface area (Å²) >= 11 is 5.50. The van der Waals surface area contributed by atoms with E-state index in [0.717, 1.165) is 16.8 Å². The van der Waals surface area contributed by atoms with Crippen molar-refractivity contribution < 1.29 is 4.79 Å². The Labute approximate surface area is 102 Å². The SMILES string of the molecule is Cc1ccc(C(C)(C)C)c(NC(=O)CCl)c1. The lowest BCUT2D eigenvalue weighted by atomic mass is 9.85. The summed E-state index contributed by atoms with van der Waals surface area (Å²) < 4.78 is 0. The number of alkyl halides is 1. The van der Waals surface area contributed by atoms with Gasteiger partial charge in [-0.05, 0) is 29.5 Å². The van der Waals surface area contributed by atoms with Crippen LogP contribution in [0.15, 0.2) is 18.2 Å². The second kappa shape index (κ2) is 4.88. The minimum absolute atomic E-state index is 0.00261. The van der Waals surface area contributed by atoms with Gasteiger partial charge in [-0.2, -0.15) is 0 Å². The maximum Gasteiger partial charge on any atom is 0.239 e. The first-order chi connectivity index (χ1) is 7.34. The van der Waals surface area contributed by atoms with Crippen molar-refractivity contribution in [2.75, 3.05) is 11.2 Å². The molecule has 0 radical (unpaired) electrons. The van der Waals surface area contributed by atoms with E-state index in [4.69, 9.17) is 11.6 Å². The van der Waals surface area contributed by atoms with Crippen LogP contribution in [0, 0.1) is 6.92 Å². The minimum atomic E-state index is -0.169. The summed E-state index contributed by atoms with van der Waals surface area (Å²) in [5, 5.41) is 2.84. The van der Waals surface area contributed by atoms with Crippen LogP contribution in [0.4, 0.5) is 5.69 Å². The number of carbonyl (C=O) groups excluding carboxylic acids is 1. The van der Waals surface area contributed by atoms with Crippen molar-refractivity contribution in [3.05, 3.63) is 29.3 Å². The first kappa shape index (κ1) is 13.0. The summed E-state index contributed by atoms with van der Waals surface area (Å²) in [6.07, 6.45) is 0. The Morgan fingerprint density at radius 1 is 1.38 bits per heavy atom. The second-order valence-corrected chi connectivity index (χ2v) is 5.25. The first-order valence-electron chi connectivity index (χ1n) is 5.31. The first-order valence-corrected chi connectivity index (χ1v) is 5.85. The van der Waals surface area contributed by atoms with E-state index in [1.165, 1.54) is 0 Å². The lowest BCUT2D eigenvalue weighted by Crippen LogP contribution is -2.19. The molecule has 0 saturated heterocycles. The smallest absolute Gasteiger partial charge is 0.239 e. The summed E-state index contributed by atoms with van der Waals surface area (Å²) in [4.78, 5) is 11.3. The number of aryl methyl sites for hydroxylation is 1. The predicted molar refractivity (Wildman–Crippen MR) is 69.2 cm³/mol. The van der Waals surface area contributed by atoms with Gasteiger partial charge in [0.1, 0.15) is 5.88 Å². The molecule has 0 fully saturated rings. The lowest BCUT2D eigenvalue weighted by Gasteiger charge is -2.23. The summed E-state index contributed by atoms with van der Waals surface area (Å²) in [6.45, 7) is 8.36. The molecule has 0 bridgehead atoms. The number of carbonyl (C=O) groups is 1. The fourth-order valence-corrected chi connectivity index (χ4v) is 1.67. The van der Waals surface area contributed by atoms with E-state index in [2.05, 4.69) is 38.2 Å². The van der Waals surface area contributed by atoms with Gasteiger partial charge in [-0.25, -0.2) is 0 Å². The molecule has 1 rings (SSSR count). The Bertz CT molecular complexity index is 393. The van der Waals surface area contributed by atoms with E-state index in [0.29, 0.717) is 0 Å². The normalized spacial score (nSPS) is 11.3. The zero-order valence-corrected chi connectivity index (χ0v) is 11.0. The summed E-state index contributed by atoms with van der Waals surface area (Å²) in [5.41, 5.74) is 3.11. The Morgan fingerprint density at radius 3 is 2.50 bits per heavy atom. The van der Waals surface area contributed by atoms with E-state index < -0.39 is 0 Å². The molecule has 1 N–H and O–H groups in total. The molecule has 1 amide bonds. The van der Waals surface area contributed by atoms with E-state index in [1.807, 2.05) is 13.0 Å². The highest BCUT2D eigenvalue weighted by molar-refractivity contribution is 6.29. The molecule has 0 aliphatic carbocycles. The van der Waals surface area contributed by atoms with Crippen molar-refractivity contribution in [1.29, 1.82) is 0 Å². The van der Waals surface area contributed by atoms with E-state index >= 15 is 0 Å². The van der Waals surface area contributed by atoms with Crippen LogP contribution in [0.3, 0.4) is 0 Å². The molecule has 0 heterocycles. The molecule has 0 aliphatic rings. The molecule has 0 atom stereocenters. The van der Waals surface area contributed by atoms with Crippen molar-refractivity contribution in [3.63, 3.8) is 0 Å². The van der Waals surface area contributed by atoms with Crippen molar-refractivity contribution in [3.8, 4) is 0 Å². The Hall–Kier alpha value is -1.02. The van der Waals surface area contributed by atoms with Gasteiger partial charge in [-0.15, -0.1) is 11.6 Å². The zero-order valence-electron chi connectivity index (χ0n) is 10.2. The van der Waals surface area contributed by atoms with E-state index in [9.17, 15) is 4.79 Å². The highest BCUT2D eigenvalue weighted by atomic mass is 35.5. The molecule has 0 aliphatic heterocycles. The summed E-state index contributed by atoms with van der Waals surface area (Å²) in [6, 6.07) is 6.08. The third kappa shape index (κ3) is 3.24. The third-order valence-corrected chi connectivity index (χ3v) is 2.62. The van der Waals surface area contributed by atoms with Gasteiger partial charge in [0.25, 0.3) is 0 Å². The Kier molecular flexibility index (Phi) is 3.98. The number of nitrogens with one attached hydrogen (secondary N) is 1. The molecule has 3 heteroatoms. The molecule has 0 unspecified atom stereocenters. The number of rotatable bonds is 2. The predicted octanol–water partition coefficient (Wildman–Crippen LogP) is 3.47. The number of hydrogen-bond acceptors (Lipinski definition) is 1. The van der Waals surface area contributed by atoms with Crippen molar-refractivity contribution in [2.45, 2.75) is 33.1 Å². The highest BCUT2D eigenvalue weighted by Gasteiger charge is 2.18. The summed E-state index contributed by atoms with van der Waals surface area (Å²) in [5.74, 6) is -0.185. The van der Waals surface area contributed by atoms with Crippen LogP contribution in [0.1, 0.15) is 31.9 Å². The zero-order chi connectivity index (χ0) is 12.3. The summed E-state index contributed by atoms with van der Waals surface area (Å²) in [7, 11) is 0. The van der Waals surface area contributed by atoms with Gasteiger partial charge < -0.3 is 5.32 Å². The van der Waals surface area contributed by atoms with Gasteiger partial charge in [-0.1, -0.05) is 32.9 Å². The average Bonchev–Trinajstić information content (AvgIpc) is 2.15. The quantitative estimate of drug-likeness (QED) is 0.787. The largest absolute Gasteiger partial charge is 0.325 e. The van der Waals surface area contributed by atoms with Gasteiger partial charge in [-0.3, -0.25) is 4.79 Å². The second-order valence-electron chi connectivity index (χ2n) is 4.98. The standard InChI is InChI=1S/C13H18ClNO/c1-9-5-6-10(13(2,3)4)11(7-9)15-12(16)8-14/h5-7H,8H2,1-4H3,(H,15,16). The minimum Gasteiger partial charge on any atom is -0.325 e. The molecular weight excluding hydrogens is 222 g/mol. The van der Waals surface area contributed by atoms with Crippen LogP contribution < -0.4 is 5.32 Å². The van der Waals surface area contributed by atoms with E-state index in [-0.39, 0.29) is 17.2 Å². The maximum atomic E-state index is 11.3. The molecule has 2 nitrogen and oxygen atoms in total. The lowest BCUT2D eigenvalue weighted by molar-refractivity contribution is -0.113. The maximum absolute atomic E-state index is 11.3. The van der Waals surface area contributed by atoms with Crippen LogP contribution in [-0.4, -0.2) is 11.8 Å². The molecule has 88 valence electrons.